The molecule has 50 heavy (non-hydrogen) atoms. The molecule has 3 N–H and O–H groups in total. The first-order valence-corrected chi connectivity index (χ1v) is 18.6. The maximum Gasteiger partial charge on any atom is 0.410 e. The van der Waals surface area contributed by atoms with Crippen LogP contribution < -0.4 is 15.4 Å². The Labute approximate surface area is 292 Å². The first-order chi connectivity index (χ1) is 23.5. The molecule has 15 heteroatoms. The summed E-state index contributed by atoms with van der Waals surface area (Å²) in [6.07, 6.45) is 5.48. The molecular formula is C35H46N6O8S. The van der Waals surface area contributed by atoms with E-state index in [1.165, 1.54) is 15.9 Å². The standard InChI is InChI=1S/C35H46N6O8S/c1-6-23-17-35(23,31(44)38-50(47,48)25-13-14-25)37-29(42)27-16-24-19-41(27)30(43)28(34(2,3)4)36-32(45)39(5)15-8-7-10-21-11-9-12-22-18-40(20-26(21)22)33(46)49-24/h6-7,9-12,23-25,27-28H,1,8,13-20H2,2-5H3,(H,36,45)(H,37,42)(H,38,44)/b10-7+/t23-,24-,27+,28-,35-/m1/s1. The predicted molar refractivity (Wildman–Crippen MR) is 183 cm³/mol. The van der Waals surface area contributed by atoms with Crippen molar-refractivity contribution < 1.29 is 37.1 Å². The van der Waals surface area contributed by atoms with Gasteiger partial charge in [0.1, 0.15) is 23.7 Å². The summed E-state index contributed by atoms with van der Waals surface area (Å²) in [5.74, 6) is -2.64. The number of sulfonamides is 1. The Bertz CT molecular complexity index is 1750. The minimum atomic E-state index is -3.90. The van der Waals surface area contributed by atoms with Crippen LogP contribution >= 0.6 is 0 Å². The summed E-state index contributed by atoms with van der Waals surface area (Å²) in [6.45, 7) is 10.1. The van der Waals surface area contributed by atoms with Crippen LogP contribution in [0.4, 0.5) is 9.59 Å². The van der Waals surface area contributed by atoms with Gasteiger partial charge in [0, 0.05) is 32.5 Å². The van der Waals surface area contributed by atoms with Crippen molar-refractivity contribution in [3.63, 3.8) is 0 Å². The number of ether oxygens (including phenoxy) is 1. The molecule has 5 aliphatic rings. The zero-order valence-corrected chi connectivity index (χ0v) is 29.8. The van der Waals surface area contributed by atoms with E-state index in [1.54, 1.807) is 32.7 Å². The minimum Gasteiger partial charge on any atom is -0.444 e. The molecule has 6 amide bonds. The van der Waals surface area contributed by atoms with Crippen LogP contribution in [-0.4, -0.2) is 102 Å². The Morgan fingerprint density at radius 1 is 1.14 bits per heavy atom. The van der Waals surface area contributed by atoms with Gasteiger partial charge in [-0.15, -0.1) is 6.58 Å². The van der Waals surface area contributed by atoms with Crippen LogP contribution in [0.15, 0.2) is 36.9 Å². The Kier molecular flexibility index (Phi) is 9.25. The van der Waals surface area contributed by atoms with Gasteiger partial charge >= 0.3 is 12.1 Å². The smallest absolute Gasteiger partial charge is 0.410 e. The second-order valence-corrected chi connectivity index (χ2v) is 17.1. The SMILES string of the molecule is C=C[C@@H]1C[C@]1(NC(=O)[C@@H]1C[C@@H]2CN1C(=O)[C@H](C(C)(C)C)NC(=O)N(C)CC/C=C/c1cccc3c1CN(C3)C(=O)O2)C(=O)NS(=O)(=O)C1CC1. The zero-order valence-electron chi connectivity index (χ0n) is 28.9. The largest absolute Gasteiger partial charge is 0.444 e. The summed E-state index contributed by atoms with van der Waals surface area (Å²) < 4.78 is 33.3. The highest BCUT2D eigenvalue weighted by atomic mass is 32.2. The summed E-state index contributed by atoms with van der Waals surface area (Å²) in [5, 5.41) is 4.96. The molecule has 3 fully saturated rings. The summed E-state index contributed by atoms with van der Waals surface area (Å²) in [7, 11) is -2.26. The van der Waals surface area contributed by atoms with Crippen molar-refractivity contribution in [1.82, 2.24) is 30.1 Å². The molecule has 6 rings (SSSR count). The van der Waals surface area contributed by atoms with Gasteiger partial charge in [-0.3, -0.25) is 24.0 Å². The number of carbonyl (C=O) groups excluding carboxylic acids is 5. The van der Waals surface area contributed by atoms with Crippen molar-refractivity contribution in [2.45, 2.75) is 94.9 Å². The van der Waals surface area contributed by atoms with Crippen molar-refractivity contribution in [1.29, 1.82) is 0 Å². The fourth-order valence-corrected chi connectivity index (χ4v) is 8.34. The second-order valence-electron chi connectivity index (χ2n) is 15.1. The van der Waals surface area contributed by atoms with Crippen molar-refractivity contribution >= 4 is 45.9 Å². The number of rotatable bonds is 6. The highest BCUT2D eigenvalue weighted by Crippen LogP contribution is 2.45. The van der Waals surface area contributed by atoms with E-state index in [4.69, 9.17) is 4.74 Å². The molecule has 5 atom stereocenters. The summed E-state index contributed by atoms with van der Waals surface area (Å²) in [4.78, 5) is 73.2. The first-order valence-electron chi connectivity index (χ1n) is 17.1. The van der Waals surface area contributed by atoms with Crippen LogP contribution in [0.1, 0.15) is 69.6 Å². The lowest BCUT2D eigenvalue weighted by molar-refractivity contribution is -0.142. The number of nitrogens with one attached hydrogen (secondary N) is 3. The molecular weight excluding hydrogens is 664 g/mol. The molecule has 0 spiro atoms. The number of benzene rings is 1. The third-order valence-electron chi connectivity index (χ3n) is 10.3. The zero-order chi connectivity index (χ0) is 36.2. The van der Waals surface area contributed by atoms with E-state index in [-0.39, 0.29) is 19.4 Å². The third-order valence-corrected chi connectivity index (χ3v) is 12.1. The molecule has 0 unspecified atom stereocenters. The van der Waals surface area contributed by atoms with E-state index >= 15 is 0 Å². The fourth-order valence-electron chi connectivity index (χ4n) is 6.97. The monoisotopic (exact) mass is 710 g/mol. The molecule has 3 heterocycles. The van der Waals surface area contributed by atoms with Crippen LogP contribution in [0.3, 0.4) is 0 Å². The van der Waals surface area contributed by atoms with E-state index in [2.05, 4.69) is 21.9 Å². The van der Waals surface area contributed by atoms with E-state index in [0.717, 1.165) is 16.7 Å². The van der Waals surface area contributed by atoms with E-state index in [1.807, 2.05) is 30.4 Å². The average molecular weight is 711 g/mol. The normalized spacial score (nSPS) is 29.4. The lowest BCUT2D eigenvalue weighted by atomic mass is 9.85. The number of urea groups is 1. The third kappa shape index (κ3) is 6.96. The molecule has 270 valence electrons. The van der Waals surface area contributed by atoms with Crippen LogP contribution in [-0.2, 0) is 42.2 Å². The summed E-state index contributed by atoms with van der Waals surface area (Å²) in [6, 6.07) is 3.14. The Morgan fingerprint density at radius 3 is 2.54 bits per heavy atom. The number of hydrogen-bond donors (Lipinski definition) is 3. The molecule has 1 aromatic carbocycles. The molecule has 2 aliphatic carbocycles. The van der Waals surface area contributed by atoms with Crippen LogP contribution in [0.2, 0.25) is 0 Å². The molecule has 14 nitrogen and oxygen atoms in total. The lowest BCUT2D eigenvalue weighted by Crippen LogP contribution is -2.61. The first kappa shape index (κ1) is 35.4. The van der Waals surface area contributed by atoms with Crippen LogP contribution in [0, 0.1) is 11.3 Å². The fraction of sp³-hybridized carbons (Fsp3) is 0.571. The van der Waals surface area contributed by atoms with Crippen LogP contribution in [0.5, 0.6) is 0 Å². The van der Waals surface area contributed by atoms with E-state index < -0.39 is 80.2 Å². The van der Waals surface area contributed by atoms with Gasteiger partial charge in [-0.1, -0.05) is 57.2 Å². The van der Waals surface area contributed by atoms with Gasteiger partial charge < -0.3 is 25.2 Å². The Morgan fingerprint density at radius 2 is 1.88 bits per heavy atom. The highest BCUT2D eigenvalue weighted by Gasteiger charge is 2.62. The second kappa shape index (κ2) is 13.1. The molecule has 3 aliphatic heterocycles. The van der Waals surface area contributed by atoms with Crippen LogP contribution in [0.25, 0.3) is 6.08 Å². The molecule has 1 saturated heterocycles. The summed E-state index contributed by atoms with van der Waals surface area (Å²) in [5.41, 5.74) is 0.594. The maximum atomic E-state index is 14.4. The number of fused-ring (bicyclic) bond motifs is 3. The van der Waals surface area contributed by atoms with E-state index in [0.29, 0.717) is 38.9 Å². The van der Waals surface area contributed by atoms with Crippen molar-refractivity contribution in [2.75, 3.05) is 20.1 Å². The van der Waals surface area contributed by atoms with Crippen molar-refractivity contribution in [3.8, 4) is 0 Å². The van der Waals surface area contributed by atoms with Crippen molar-refractivity contribution in [3.05, 3.63) is 53.6 Å². The summed E-state index contributed by atoms with van der Waals surface area (Å²) >= 11 is 0. The van der Waals surface area contributed by atoms with Crippen molar-refractivity contribution in [2.24, 2.45) is 11.3 Å². The quantitative estimate of drug-likeness (QED) is 0.377. The lowest BCUT2D eigenvalue weighted by Gasteiger charge is -2.36. The Hall–Kier alpha value is -4.40. The number of carbonyl (C=O) groups is 5. The molecule has 1 aromatic rings. The van der Waals surface area contributed by atoms with E-state index in [9.17, 15) is 32.4 Å². The van der Waals surface area contributed by atoms with Gasteiger partial charge in [0.2, 0.25) is 21.8 Å². The van der Waals surface area contributed by atoms with Gasteiger partial charge in [0.05, 0.1) is 18.3 Å². The van der Waals surface area contributed by atoms with Gasteiger partial charge in [0.15, 0.2) is 0 Å². The van der Waals surface area contributed by atoms with Gasteiger partial charge in [-0.05, 0) is 47.8 Å². The van der Waals surface area contributed by atoms with Gasteiger partial charge in [-0.25, -0.2) is 18.0 Å². The molecule has 4 bridgehead atoms. The molecule has 0 aromatic heterocycles. The minimum absolute atomic E-state index is 0.0698. The Balaban J connectivity index is 1.29. The molecule has 0 radical (unpaired) electrons. The van der Waals surface area contributed by atoms with Gasteiger partial charge in [0.25, 0.3) is 5.91 Å². The number of hydrogen-bond acceptors (Lipinski definition) is 8. The highest BCUT2D eigenvalue weighted by molar-refractivity contribution is 7.91. The number of nitrogens with zero attached hydrogens (tertiary/aromatic N) is 3. The molecule has 2 saturated carbocycles. The maximum absolute atomic E-state index is 14.4. The van der Waals surface area contributed by atoms with Gasteiger partial charge in [-0.2, -0.15) is 0 Å². The number of amides is 6. The topological polar surface area (TPSA) is 175 Å². The average Bonchev–Trinajstić information content (AvgIpc) is 3.94. The predicted octanol–water partition coefficient (Wildman–Crippen LogP) is 2.25.